The third-order valence-electron chi connectivity index (χ3n) is 6.19. The summed E-state index contributed by atoms with van der Waals surface area (Å²) in [5.41, 5.74) is 3.16. The molecular weight excluding hydrogens is 468 g/mol. The fourth-order valence-electron chi connectivity index (χ4n) is 4.31. The Morgan fingerprint density at radius 3 is 2.17 bits per heavy atom. The minimum Gasteiger partial charge on any atom is -0.497 e. The largest absolute Gasteiger partial charge is 0.497 e. The van der Waals surface area contributed by atoms with E-state index in [1.54, 1.807) is 13.2 Å². The standard InChI is InChI=1S/C26H28N2O6S/c1-18-16-24(19(2)28(18)21-8-10-22(33-3)11-9-21)25(29)17-34-26(30)20-6-12-23(13-7-20)35(31,32)27-14-4-5-15-27/h6-13,16H,4-5,14-15,17H2,1-3H3. The van der Waals surface area contributed by atoms with Crippen molar-refractivity contribution >= 4 is 21.8 Å². The molecule has 184 valence electrons. The van der Waals surface area contributed by atoms with Gasteiger partial charge in [-0.25, -0.2) is 13.2 Å². The second kappa shape index (κ2) is 10.1. The highest BCUT2D eigenvalue weighted by Gasteiger charge is 2.27. The number of esters is 1. The van der Waals surface area contributed by atoms with Crippen molar-refractivity contribution < 1.29 is 27.5 Å². The lowest BCUT2D eigenvalue weighted by Crippen LogP contribution is -2.27. The molecule has 2 heterocycles. The van der Waals surface area contributed by atoms with Crippen LogP contribution in [0.5, 0.6) is 5.75 Å². The van der Waals surface area contributed by atoms with E-state index in [2.05, 4.69) is 0 Å². The number of hydrogen-bond donors (Lipinski definition) is 0. The lowest BCUT2D eigenvalue weighted by molar-refractivity contribution is 0.0474. The molecule has 9 heteroatoms. The molecule has 0 N–H and O–H groups in total. The molecule has 0 unspecified atom stereocenters. The molecular formula is C26H28N2O6S. The smallest absolute Gasteiger partial charge is 0.338 e. The van der Waals surface area contributed by atoms with Crippen molar-refractivity contribution in [2.24, 2.45) is 0 Å². The number of carbonyl (C=O) groups excluding carboxylic acids is 2. The number of sulfonamides is 1. The Bertz CT molecular complexity index is 1340. The van der Waals surface area contributed by atoms with Crippen LogP contribution in [-0.4, -0.2) is 55.8 Å². The normalized spacial score (nSPS) is 14.1. The molecule has 1 aliphatic rings. The third-order valence-corrected chi connectivity index (χ3v) is 8.10. The van der Waals surface area contributed by atoms with Crippen molar-refractivity contribution in [1.82, 2.24) is 8.87 Å². The van der Waals surface area contributed by atoms with E-state index in [-0.39, 0.29) is 16.2 Å². The molecule has 0 radical (unpaired) electrons. The minimum atomic E-state index is -3.56. The summed E-state index contributed by atoms with van der Waals surface area (Å²) in [6.07, 6.45) is 1.69. The van der Waals surface area contributed by atoms with Crippen LogP contribution in [0.3, 0.4) is 0 Å². The zero-order valence-electron chi connectivity index (χ0n) is 20.0. The molecule has 1 aromatic heterocycles. The average molecular weight is 497 g/mol. The molecule has 1 saturated heterocycles. The lowest BCUT2D eigenvalue weighted by Gasteiger charge is -2.15. The molecule has 35 heavy (non-hydrogen) atoms. The van der Waals surface area contributed by atoms with Gasteiger partial charge in [0, 0.05) is 35.7 Å². The van der Waals surface area contributed by atoms with Gasteiger partial charge in [0.1, 0.15) is 5.75 Å². The lowest BCUT2D eigenvalue weighted by atomic mass is 10.1. The van der Waals surface area contributed by atoms with Gasteiger partial charge in [0.2, 0.25) is 15.8 Å². The van der Waals surface area contributed by atoms with Crippen molar-refractivity contribution in [3.63, 3.8) is 0 Å². The maximum atomic E-state index is 12.8. The number of hydrogen-bond acceptors (Lipinski definition) is 6. The maximum absolute atomic E-state index is 12.8. The van der Waals surface area contributed by atoms with Crippen LogP contribution in [-0.2, 0) is 14.8 Å². The number of rotatable bonds is 8. The van der Waals surface area contributed by atoms with E-state index in [1.807, 2.05) is 42.7 Å². The second-order valence-corrected chi connectivity index (χ2v) is 10.4. The molecule has 0 amide bonds. The van der Waals surface area contributed by atoms with Crippen LogP contribution in [0.4, 0.5) is 0 Å². The fraction of sp³-hybridized carbons (Fsp3) is 0.308. The number of methoxy groups -OCH3 is 1. The predicted molar refractivity (Wildman–Crippen MR) is 131 cm³/mol. The number of nitrogens with zero attached hydrogens (tertiary/aromatic N) is 2. The van der Waals surface area contributed by atoms with E-state index in [9.17, 15) is 18.0 Å². The van der Waals surface area contributed by atoms with Crippen LogP contribution >= 0.6 is 0 Å². The molecule has 8 nitrogen and oxygen atoms in total. The first-order valence-electron chi connectivity index (χ1n) is 11.4. The van der Waals surface area contributed by atoms with E-state index < -0.39 is 22.6 Å². The molecule has 0 bridgehead atoms. The van der Waals surface area contributed by atoms with Crippen LogP contribution in [0.2, 0.25) is 0 Å². The van der Waals surface area contributed by atoms with Crippen molar-refractivity contribution in [2.45, 2.75) is 31.6 Å². The molecule has 0 spiro atoms. The molecule has 1 fully saturated rings. The van der Waals surface area contributed by atoms with Gasteiger partial charge in [-0.1, -0.05) is 0 Å². The first-order chi connectivity index (χ1) is 16.7. The number of aromatic nitrogens is 1. The Morgan fingerprint density at radius 1 is 0.943 bits per heavy atom. The highest BCUT2D eigenvalue weighted by molar-refractivity contribution is 7.89. The predicted octanol–water partition coefficient (Wildman–Crippen LogP) is 3.93. The van der Waals surface area contributed by atoms with E-state index in [4.69, 9.17) is 9.47 Å². The number of carbonyl (C=O) groups is 2. The van der Waals surface area contributed by atoms with Crippen LogP contribution in [0.25, 0.3) is 5.69 Å². The summed E-state index contributed by atoms with van der Waals surface area (Å²) in [5.74, 6) is -0.270. The van der Waals surface area contributed by atoms with E-state index in [1.165, 1.54) is 28.6 Å². The van der Waals surface area contributed by atoms with Gasteiger partial charge in [-0.3, -0.25) is 4.79 Å². The summed E-state index contributed by atoms with van der Waals surface area (Å²) in [4.78, 5) is 25.5. The van der Waals surface area contributed by atoms with Gasteiger partial charge in [0.15, 0.2) is 6.61 Å². The zero-order chi connectivity index (χ0) is 25.2. The quantitative estimate of drug-likeness (QED) is 0.347. The highest BCUT2D eigenvalue weighted by atomic mass is 32.2. The van der Waals surface area contributed by atoms with Gasteiger partial charge >= 0.3 is 5.97 Å². The number of ether oxygens (including phenoxy) is 2. The highest BCUT2D eigenvalue weighted by Crippen LogP contribution is 2.24. The Kier molecular flexibility index (Phi) is 7.09. The van der Waals surface area contributed by atoms with Gasteiger partial charge in [0.05, 0.1) is 17.6 Å². The number of ketones is 1. The van der Waals surface area contributed by atoms with E-state index >= 15 is 0 Å². The van der Waals surface area contributed by atoms with Gasteiger partial charge in [-0.05, 0) is 81.3 Å². The molecule has 0 aliphatic carbocycles. The summed E-state index contributed by atoms with van der Waals surface area (Å²) in [7, 11) is -1.96. The summed E-state index contributed by atoms with van der Waals surface area (Å²) < 4.78 is 39.1. The van der Waals surface area contributed by atoms with Crippen LogP contribution < -0.4 is 4.74 Å². The van der Waals surface area contributed by atoms with Crippen molar-refractivity contribution in [2.75, 3.05) is 26.8 Å². The Hall–Kier alpha value is -3.43. The van der Waals surface area contributed by atoms with E-state index in [0.29, 0.717) is 18.7 Å². The Morgan fingerprint density at radius 2 is 1.57 bits per heavy atom. The Balaban J connectivity index is 1.42. The number of aryl methyl sites for hydroxylation is 1. The minimum absolute atomic E-state index is 0.137. The van der Waals surface area contributed by atoms with Gasteiger partial charge in [-0.15, -0.1) is 0 Å². The third kappa shape index (κ3) is 5.01. The molecule has 3 aromatic rings. The SMILES string of the molecule is COc1ccc(-n2c(C)cc(C(=O)COC(=O)c3ccc(S(=O)(=O)N4CCCC4)cc3)c2C)cc1. The first-order valence-corrected chi connectivity index (χ1v) is 12.8. The monoisotopic (exact) mass is 496 g/mol. The van der Waals surface area contributed by atoms with Gasteiger partial charge < -0.3 is 14.0 Å². The van der Waals surface area contributed by atoms with Gasteiger partial charge in [0.25, 0.3) is 0 Å². The first kappa shape index (κ1) is 24.7. The van der Waals surface area contributed by atoms with Crippen LogP contribution in [0, 0.1) is 13.8 Å². The Labute approximate surface area is 205 Å². The van der Waals surface area contributed by atoms with Crippen molar-refractivity contribution in [3.05, 3.63) is 77.1 Å². The van der Waals surface area contributed by atoms with E-state index in [0.717, 1.165) is 35.7 Å². The molecule has 2 aromatic carbocycles. The van der Waals surface area contributed by atoms with Crippen molar-refractivity contribution in [3.8, 4) is 11.4 Å². The number of benzene rings is 2. The topological polar surface area (TPSA) is 94.9 Å². The molecule has 4 rings (SSSR count). The fourth-order valence-corrected chi connectivity index (χ4v) is 5.82. The summed E-state index contributed by atoms with van der Waals surface area (Å²) >= 11 is 0. The molecule has 0 atom stereocenters. The summed E-state index contributed by atoms with van der Waals surface area (Å²) in [5, 5.41) is 0. The zero-order valence-corrected chi connectivity index (χ0v) is 20.8. The summed E-state index contributed by atoms with van der Waals surface area (Å²) in [6, 6.07) is 14.9. The van der Waals surface area contributed by atoms with Gasteiger partial charge in [-0.2, -0.15) is 4.31 Å². The summed E-state index contributed by atoms with van der Waals surface area (Å²) in [6.45, 7) is 4.34. The average Bonchev–Trinajstić information content (AvgIpc) is 3.51. The second-order valence-electron chi connectivity index (χ2n) is 8.45. The molecule has 1 aliphatic heterocycles. The van der Waals surface area contributed by atoms with Crippen LogP contribution in [0.15, 0.2) is 59.5 Å². The number of Topliss-reactive ketones (excluding diaryl/α,β-unsaturated/α-hetero) is 1. The van der Waals surface area contributed by atoms with Crippen molar-refractivity contribution in [1.29, 1.82) is 0 Å². The van der Waals surface area contributed by atoms with Crippen LogP contribution in [0.1, 0.15) is 44.9 Å². The maximum Gasteiger partial charge on any atom is 0.338 e. The molecule has 0 saturated carbocycles.